The molecule has 1 aliphatic rings. The number of aliphatic carboxylic acids is 1. The fourth-order valence-corrected chi connectivity index (χ4v) is 3.81. The molecule has 0 aromatic rings. The Morgan fingerprint density at radius 1 is 1.38 bits per heavy atom. The van der Waals surface area contributed by atoms with Gasteiger partial charge in [0.1, 0.15) is 11.9 Å². The van der Waals surface area contributed by atoms with Gasteiger partial charge in [-0.25, -0.2) is 0 Å². The van der Waals surface area contributed by atoms with E-state index in [9.17, 15) is 15.0 Å². The normalized spacial score (nSPS) is 23.4. The van der Waals surface area contributed by atoms with Gasteiger partial charge >= 0.3 is 5.97 Å². The largest absolute Gasteiger partial charge is 0.492 e. The monoisotopic (exact) mass is 408 g/mol. The summed E-state index contributed by atoms with van der Waals surface area (Å²) < 4.78 is 6.22. The van der Waals surface area contributed by atoms with Gasteiger partial charge in [-0.3, -0.25) is 4.79 Å². The number of hydrogen-bond donors (Lipinski definition) is 3. The second-order valence-corrected chi connectivity index (χ2v) is 8.38. The molecule has 0 radical (unpaired) electrons. The highest BCUT2D eigenvalue weighted by atomic mass is 16.5. The second kappa shape index (κ2) is 12.2. The molecule has 0 aliphatic heterocycles. The molecule has 3 N–H and O–H groups in total. The van der Waals surface area contributed by atoms with Crippen LogP contribution in [0.4, 0.5) is 0 Å². The summed E-state index contributed by atoms with van der Waals surface area (Å²) >= 11 is 0. The van der Waals surface area contributed by atoms with Crippen LogP contribution in [0.2, 0.25) is 0 Å². The molecule has 5 heteroatoms. The third-order valence-electron chi connectivity index (χ3n) is 6.16. The molecule has 0 aromatic heterocycles. The number of carboxylic acids is 1. The van der Waals surface area contributed by atoms with Crippen molar-refractivity contribution >= 4 is 5.97 Å². The lowest BCUT2D eigenvalue weighted by Crippen LogP contribution is -2.30. The topological polar surface area (TPSA) is 87.0 Å². The Hall–Kier alpha value is -1.59. The molecule has 1 rings (SSSR count). The Balaban J connectivity index is 2.85. The predicted molar refractivity (Wildman–Crippen MR) is 116 cm³/mol. The Kier molecular flexibility index (Phi) is 10.7. The zero-order valence-electron chi connectivity index (χ0n) is 18.6. The first-order valence-electron chi connectivity index (χ1n) is 11.0. The minimum Gasteiger partial charge on any atom is -0.492 e. The molecule has 166 valence electrons. The van der Waals surface area contributed by atoms with E-state index in [-0.39, 0.29) is 24.5 Å². The van der Waals surface area contributed by atoms with Crippen LogP contribution >= 0.6 is 0 Å². The first kappa shape index (κ1) is 25.4. The Morgan fingerprint density at radius 3 is 2.59 bits per heavy atom. The molecule has 0 saturated heterocycles. The van der Waals surface area contributed by atoms with E-state index in [1.807, 2.05) is 6.92 Å². The summed E-state index contributed by atoms with van der Waals surface area (Å²) in [6, 6.07) is 0. The molecule has 0 fully saturated rings. The van der Waals surface area contributed by atoms with Gasteiger partial charge in [0, 0.05) is 5.92 Å². The number of aliphatic hydroxyl groups is 2. The number of rotatable bonds is 14. The van der Waals surface area contributed by atoms with Gasteiger partial charge in [-0.1, -0.05) is 45.9 Å². The SMILES string of the molecule is C=CC(O)(CCCC(C)C(=O)O)CCC1C(OC(CC)CO)=C(CC)C=CC1C. The van der Waals surface area contributed by atoms with Crippen molar-refractivity contribution in [2.75, 3.05) is 6.61 Å². The third-order valence-corrected chi connectivity index (χ3v) is 6.16. The van der Waals surface area contributed by atoms with Crippen LogP contribution in [0.3, 0.4) is 0 Å². The summed E-state index contributed by atoms with van der Waals surface area (Å²) in [5.41, 5.74) is 0.134. The van der Waals surface area contributed by atoms with Crippen LogP contribution in [0.15, 0.2) is 36.1 Å². The van der Waals surface area contributed by atoms with Gasteiger partial charge in [-0.15, -0.1) is 6.58 Å². The molecule has 5 nitrogen and oxygen atoms in total. The van der Waals surface area contributed by atoms with E-state index in [1.54, 1.807) is 13.0 Å². The van der Waals surface area contributed by atoms with Gasteiger partial charge in [0.25, 0.3) is 0 Å². The van der Waals surface area contributed by atoms with Gasteiger partial charge in [0.2, 0.25) is 0 Å². The molecule has 1 aliphatic carbocycles. The molecular weight excluding hydrogens is 368 g/mol. The van der Waals surface area contributed by atoms with Crippen LogP contribution < -0.4 is 0 Å². The molecule has 5 atom stereocenters. The van der Waals surface area contributed by atoms with Crippen LogP contribution in [0.25, 0.3) is 0 Å². The van der Waals surface area contributed by atoms with Crippen molar-refractivity contribution in [2.45, 2.75) is 84.3 Å². The van der Waals surface area contributed by atoms with Crippen molar-refractivity contribution in [2.24, 2.45) is 17.8 Å². The number of carbonyl (C=O) groups is 1. The molecule has 5 unspecified atom stereocenters. The van der Waals surface area contributed by atoms with E-state index in [2.05, 4.69) is 32.6 Å². The maximum Gasteiger partial charge on any atom is 0.306 e. The minimum atomic E-state index is -1.02. The molecule has 0 heterocycles. The Morgan fingerprint density at radius 2 is 2.07 bits per heavy atom. The highest BCUT2D eigenvalue weighted by Gasteiger charge is 2.32. The predicted octanol–water partition coefficient (Wildman–Crippen LogP) is 4.85. The average Bonchev–Trinajstić information content (AvgIpc) is 2.71. The third kappa shape index (κ3) is 7.63. The lowest BCUT2D eigenvalue weighted by molar-refractivity contribution is -0.141. The molecule has 0 saturated carbocycles. The van der Waals surface area contributed by atoms with Gasteiger partial charge in [-0.05, 0) is 56.4 Å². The van der Waals surface area contributed by atoms with Crippen LogP contribution in [0.1, 0.15) is 72.6 Å². The standard InChI is InChI=1S/C24H40O5/c1-6-19-12-11-17(4)21(22(19)29-20(7-2)16-25)13-15-24(28,8-3)14-9-10-18(5)23(26)27/h8,11-12,17-18,20-21,25,28H,3,6-7,9-10,13-16H2,1-2,4-5H3,(H,26,27). The quantitative estimate of drug-likeness (QED) is 0.358. The highest BCUT2D eigenvalue weighted by molar-refractivity contribution is 5.69. The maximum atomic E-state index is 11.0. The van der Waals surface area contributed by atoms with Crippen molar-refractivity contribution < 1.29 is 24.9 Å². The number of aliphatic hydroxyl groups excluding tert-OH is 1. The van der Waals surface area contributed by atoms with Gasteiger partial charge in [0.05, 0.1) is 18.1 Å². The van der Waals surface area contributed by atoms with Crippen LogP contribution in [0.5, 0.6) is 0 Å². The van der Waals surface area contributed by atoms with E-state index >= 15 is 0 Å². The summed E-state index contributed by atoms with van der Waals surface area (Å²) in [5.74, 6) is 0.141. The zero-order valence-corrected chi connectivity index (χ0v) is 18.6. The number of carboxylic acid groups (broad SMARTS) is 1. The smallest absolute Gasteiger partial charge is 0.306 e. The maximum absolute atomic E-state index is 11.0. The van der Waals surface area contributed by atoms with E-state index in [4.69, 9.17) is 9.84 Å². The van der Waals surface area contributed by atoms with Crippen molar-refractivity contribution in [1.82, 2.24) is 0 Å². The molecule has 0 bridgehead atoms. The van der Waals surface area contributed by atoms with Gasteiger partial charge in [-0.2, -0.15) is 0 Å². The van der Waals surface area contributed by atoms with Crippen LogP contribution in [-0.2, 0) is 9.53 Å². The second-order valence-electron chi connectivity index (χ2n) is 8.38. The number of allylic oxidation sites excluding steroid dienone is 4. The summed E-state index contributed by atoms with van der Waals surface area (Å²) in [4.78, 5) is 11.0. The summed E-state index contributed by atoms with van der Waals surface area (Å²) in [7, 11) is 0. The molecule has 0 amide bonds. The van der Waals surface area contributed by atoms with Crippen molar-refractivity contribution in [3.05, 3.63) is 36.1 Å². The Bertz CT molecular complexity index is 590. The van der Waals surface area contributed by atoms with Crippen LogP contribution in [-0.4, -0.2) is 39.6 Å². The zero-order chi connectivity index (χ0) is 22.0. The number of ether oxygens (including phenoxy) is 1. The van der Waals surface area contributed by atoms with Crippen molar-refractivity contribution in [1.29, 1.82) is 0 Å². The van der Waals surface area contributed by atoms with Gasteiger partial charge in [0.15, 0.2) is 0 Å². The van der Waals surface area contributed by atoms with Gasteiger partial charge < -0.3 is 20.1 Å². The number of hydrogen-bond acceptors (Lipinski definition) is 4. The highest BCUT2D eigenvalue weighted by Crippen LogP contribution is 2.38. The summed E-state index contributed by atoms with van der Waals surface area (Å²) in [6.45, 7) is 11.7. The van der Waals surface area contributed by atoms with Crippen molar-refractivity contribution in [3.63, 3.8) is 0 Å². The minimum absolute atomic E-state index is 0.0137. The van der Waals surface area contributed by atoms with E-state index in [1.165, 1.54) is 0 Å². The van der Waals surface area contributed by atoms with E-state index in [0.717, 1.165) is 30.6 Å². The first-order chi connectivity index (χ1) is 13.7. The molecular formula is C24H40O5. The average molecular weight is 409 g/mol. The fourth-order valence-electron chi connectivity index (χ4n) is 3.81. The summed E-state index contributed by atoms with van der Waals surface area (Å²) in [5, 5.41) is 29.6. The molecule has 0 spiro atoms. The molecule has 29 heavy (non-hydrogen) atoms. The lowest BCUT2D eigenvalue weighted by Gasteiger charge is -2.34. The van der Waals surface area contributed by atoms with Crippen LogP contribution in [0, 0.1) is 17.8 Å². The van der Waals surface area contributed by atoms with E-state index < -0.39 is 17.5 Å². The van der Waals surface area contributed by atoms with Crippen molar-refractivity contribution in [3.8, 4) is 0 Å². The summed E-state index contributed by atoms with van der Waals surface area (Å²) in [6.07, 6.45) is 10.2. The fraction of sp³-hybridized carbons (Fsp3) is 0.708. The van der Waals surface area contributed by atoms with E-state index in [0.29, 0.717) is 25.7 Å². The Labute approximate surface area is 176 Å². The molecule has 0 aromatic carbocycles. The lowest BCUT2D eigenvalue weighted by atomic mass is 9.78. The first-order valence-corrected chi connectivity index (χ1v) is 11.0.